The molecule has 2 aliphatic heterocycles. The topological polar surface area (TPSA) is 71.1 Å². The summed E-state index contributed by atoms with van der Waals surface area (Å²) in [5, 5.41) is 1.94. The number of hydrazine groups is 1. The van der Waals surface area contributed by atoms with Crippen LogP contribution in [0.5, 0.6) is 0 Å². The first-order valence-electron chi connectivity index (χ1n) is 6.39. The Hall–Kier alpha value is -1.60. The molecule has 106 valence electrons. The first kappa shape index (κ1) is 13.8. The number of Topliss-reactive ketones (excluding diaryl/α,β-unsaturated/α-hetero) is 1. The van der Waals surface area contributed by atoms with E-state index in [1.807, 2.05) is 5.01 Å². The zero-order valence-electron chi connectivity index (χ0n) is 11.3. The number of rotatable bonds is 4. The summed E-state index contributed by atoms with van der Waals surface area (Å²) in [4.78, 5) is 25.6. The minimum atomic E-state index is -0.623. The van der Waals surface area contributed by atoms with Crippen molar-refractivity contribution in [3.63, 3.8) is 0 Å². The molecule has 1 N–H and O–H groups in total. The van der Waals surface area contributed by atoms with E-state index in [0.717, 1.165) is 26.2 Å². The number of hydrogen-bond donors (Lipinski definition) is 1. The highest BCUT2D eigenvalue weighted by Crippen LogP contribution is 2.16. The van der Waals surface area contributed by atoms with Gasteiger partial charge < -0.3 is 14.4 Å². The number of piperazine rings is 1. The van der Waals surface area contributed by atoms with Gasteiger partial charge in [0.1, 0.15) is 0 Å². The van der Waals surface area contributed by atoms with Crippen LogP contribution in [-0.4, -0.2) is 68.1 Å². The van der Waals surface area contributed by atoms with Crippen molar-refractivity contribution in [2.75, 3.05) is 46.4 Å². The maximum atomic E-state index is 11.7. The molecule has 19 heavy (non-hydrogen) atoms. The Morgan fingerprint density at radius 3 is 2.68 bits per heavy atom. The van der Waals surface area contributed by atoms with Crippen molar-refractivity contribution in [1.82, 2.24) is 15.3 Å². The fraction of sp³-hybridized carbons (Fsp3) is 0.667. The SMILES string of the molecule is CCOC(=O)C1=C(NN2CCN(C)CC2)OCC1=O. The fourth-order valence-corrected chi connectivity index (χ4v) is 1.97. The summed E-state index contributed by atoms with van der Waals surface area (Å²) in [5.74, 6) is -0.746. The van der Waals surface area contributed by atoms with Crippen molar-refractivity contribution in [2.45, 2.75) is 6.92 Å². The summed E-state index contributed by atoms with van der Waals surface area (Å²) < 4.78 is 10.1. The normalized spacial score (nSPS) is 21.5. The van der Waals surface area contributed by atoms with Crippen LogP contribution in [0.15, 0.2) is 11.5 Å². The molecule has 2 rings (SSSR count). The van der Waals surface area contributed by atoms with Gasteiger partial charge in [-0.1, -0.05) is 0 Å². The summed E-state index contributed by atoms with van der Waals surface area (Å²) in [6.07, 6.45) is 0. The maximum absolute atomic E-state index is 11.7. The van der Waals surface area contributed by atoms with Crippen LogP contribution >= 0.6 is 0 Å². The van der Waals surface area contributed by atoms with Crippen LogP contribution in [0, 0.1) is 0 Å². The van der Waals surface area contributed by atoms with Crippen LogP contribution < -0.4 is 5.43 Å². The van der Waals surface area contributed by atoms with E-state index in [0.29, 0.717) is 0 Å². The second-order valence-corrected chi connectivity index (χ2v) is 4.54. The van der Waals surface area contributed by atoms with Gasteiger partial charge in [0.2, 0.25) is 11.7 Å². The maximum Gasteiger partial charge on any atom is 0.347 e. The molecule has 0 saturated carbocycles. The highest BCUT2D eigenvalue weighted by molar-refractivity contribution is 6.19. The van der Waals surface area contributed by atoms with E-state index in [1.165, 1.54) is 0 Å². The quantitative estimate of drug-likeness (QED) is 0.524. The molecule has 0 aromatic rings. The lowest BCUT2D eigenvalue weighted by Gasteiger charge is -2.32. The molecule has 0 aromatic carbocycles. The number of carbonyl (C=O) groups is 2. The van der Waals surface area contributed by atoms with Gasteiger partial charge in [-0.2, -0.15) is 0 Å². The van der Waals surface area contributed by atoms with Gasteiger partial charge in [0.15, 0.2) is 12.2 Å². The number of ether oxygens (including phenoxy) is 2. The van der Waals surface area contributed by atoms with Crippen molar-refractivity contribution >= 4 is 11.8 Å². The Morgan fingerprint density at radius 1 is 1.37 bits per heavy atom. The van der Waals surface area contributed by atoms with E-state index >= 15 is 0 Å². The Morgan fingerprint density at radius 2 is 2.05 bits per heavy atom. The summed E-state index contributed by atoms with van der Waals surface area (Å²) in [7, 11) is 2.05. The van der Waals surface area contributed by atoms with Crippen LogP contribution in [0.2, 0.25) is 0 Å². The molecule has 0 atom stereocenters. The van der Waals surface area contributed by atoms with Crippen molar-refractivity contribution in [3.8, 4) is 0 Å². The highest BCUT2D eigenvalue weighted by Gasteiger charge is 2.33. The second kappa shape index (κ2) is 6.03. The summed E-state index contributed by atoms with van der Waals surface area (Å²) in [6.45, 7) is 5.27. The molecular formula is C12H19N3O4. The van der Waals surface area contributed by atoms with Crippen LogP contribution in [-0.2, 0) is 19.1 Å². The van der Waals surface area contributed by atoms with E-state index in [4.69, 9.17) is 9.47 Å². The second-order valence-electron chi connectivity index (χ2n) is 4.54. The lowest BCUT2D eigenvalue weighted by Crippen LogP contribution is -2.50. The zero-order valence-corrected chi connectivity index (χ0v) is 11.3. The number of likely N-dealkylation sites (N-methyl/N-ethyl adjacent to an activating group) is 1. The average molecular weight is 269 g/mol. The van der Waals surface area contributed by atoms with Crippen LogP contribution in [0.25, 0.3) is 0 Å². The number of hydrogen-bond acceptors (Lipinski definition) is 7. The fourth-order valence-electron chi connectivity index (χ4n) is 1.97. The van der Waals surface area contributed by atoms with Gasteiger partial charge in [-0.15, -0.1) is 0 Å². The summed E-state index contributed by atoms with van der Waals surface area (Å²) >= 11 is 0. The molecule has 0 aromatic heterocycles. The number of nitrogens with zero attached hydrogens (tertiary/aromatic N) is 2. The van der Waals surface area contributed by atoms with Gasteiger partial charge >= 0.3 is 5.97 Å². The van der Waals surface area contributed by atoms with Gasteiger partial charge in [0.25, 0.3) is 0 Å². The summed E-state index contributed by atoms with van der Waals surface area (Å²) in [5.41, 5.74) is 2.99. The van der Waals surface area contributed by atoms with Crippen molar-refractivity contribution in [1.29, 1.82) is 0 Å². The highest BCUT2D eigenvalue weighted by atomic mass is 16.5. The number of nitrogens with one attached hydrogen (secondary N) is 1. The monoisotopic (exact) mass is 269 g/mol. The number of ketones is 1. The molecule has 0 unspecified atom stereocenters. The van der Waals surface area contributed by atoms with Gasteiger partial charge in [-0.3, -0.25) is 10.2 Å². The largest absolute Gasteiger partial charge is 0.469 e. The smallest absolute Gasteiger partial charge is 0.347 e. The molecule has 2 aliphatic rings. The Kier molecular flexibility index (Phi) is 4.39. The predicted octanol–water partition coefficient (Wildman–Crippen LogP) is -0.888. The van der Waals surface area contributed by atoms with Crippen molar-refractivity contribution < 1.29 is 19.1 Å². The number of esters is 1. The summed E-state index contributed by atoms with van der Waals surface area (Å²) in [6, 6.07) is 0. The first-order chi connectivity index (χ1) is 9.11. The average Bonchev–Trinajstić information content (AvgIpc) is 2.74. The Labute approximate surface area is 112 Å². The van der Waals surface area contributed by atoms with E-state index < -0.39 is 5.97 Å². The van der Waals surface area contributed by atoms with Gasteiger partial charge in [0, 0.05) is 26.2 Å². The lowest BCUT2D eigenvalue weighted by molar-refractivity contribution is -0.139. The van der Waals surface area contributed by atoms with Crippen LogP contribution in [0.1, 0.15) is 6.92 Å². The van der Waals surface area contributed by atoms with Gasteiger partial charge in [-0.05, 0) is 14.0 Å². The minimum Gasteiger partial charge on any atom is -0.469 e. The van der Waals surface area contributed by atoms with Crippen LogP contribution in [0.4, 0.5) is 0 Å². The molecule has 7 nitrogen and oxygen atoms in total. The third-order valence-electron chi connectivity index (χ3n) is 3.10. The number of carbonyl (C=O) groups excluding carboxylic acids is 2. The Balaban J connectivity index is 2.03. The molecule has 2 heterocycles. The molecule has 0 spiro atoms. The molecular weight excluding hydrogens is 250 g/mol. The van der Waals surface area contributed by atoms with Gasteiger partial charge in [-0.25, -0.2) is 9.80 Å². The Bertz CT molecular complexity index is 400. The molecule has 0 bridgehead atoms. The van der Waals surface area contributed by atoms with E-state index in [2.05, 4.69) is 17.4 Å². The molecule has 0 radical (unpaired) electrons. The predicted molar refractivity (Wildman–Crippen MR) is 66.8 cm³/mol. The lowest BCUT2D eigenvalue weighted by atomic mass is 10.2. The minimum absolute atomic E-state index is 0.0132. The van der Waals surface area contributed by atoms with E-state index in [1.54, 1.807) is 6.92 Å². The van der Waals surface area contributed by atoms with E-state index in [9.17, 15) is 9.59 Å². The van der Waals surface area contributed by atoms with E-state index in [-0.39, 0.29) is 30.5 Å². The molecule has 1 saturated heterocycles. The third kappa shape index (κ3) is 3.24. The molecule has 1 fully saturated rings. The van der Waals surface area contributed by atoms with Crippen molar-refractivity contribution in [3.05, 3.63) is 11.5 Å². The third-order valence-corrected chi connectivity index (χ3v) is 3.10. The molecule has 0 amide bonds. The molecule has 0 aliphatic carbocycles. The zero-order chi connectivity index (χ0) is 13.8. The first-order valence-corrected chi connectivity index (χ1v) is 6.39. The van der Waals surface area contributed by atoms with Crippen LogP contribution in [0.3, 0.4) is 0 Å². The van der Waals surface area contributed by atoms with Gasteiger partial charge in [0.05, 0.1) is 6.61 Å². The van der Waals surface area contributed by atoms with Crippen molar-refractivity contribution in [2.24, 2.45) is 0 Å². The molecule has 7 heteroatoms. The standard InChI is InChI=1S/C12H19N3O4/c1-3-18-12(17)10-9(16)8-19-11(10)13-15-6-4-14(2)5-7-15/h13H,3-8H2,1-2H3.